The molecule has 6 nitrogen and oxygen atoms in total. The van der Waals surface area contributed by atoms with Crippen molar-refractivity contribution in [3.8, 4) is 17.2 Å². The van der Waals surface area contributed by atoms with Crippen LogP contribution in [0.4, 0.5) is 11.4 Å². The molecule has 0 saturated heterocycles. The van der Waals surface area contributed by atoms with E-state index in [9.17, 15) is 4.79 Å². The van der Waals surface area contributed by atoms with Gasteiger partial charge in [0.1, 0.15) is 0 Å². The van der Waals surface area contributed by atoms with Gasteiger partial charge in [0.05, 0.1) is 21.3 Å². The Morgan fingerprint density at radius 1 is 0.964 bits per heavy atom. The molecule has 2 aromatic rings. The summed E-state index contributed by atoms with van der Waals surface area (Å²) in [6.45, 7) is 6.12. The topological polar surface area (TPSA) is 60.0 Å². The zero-order valence-electron chi connectivity index (χ0n) is 17.1. The van der Waals surface area contributed by atoms with Crippen molar-refractivity contribution in [3.05, 3.63) is 48.0 Å². The van der Waals surface area contributed by atoms with Gasteiger partial charge in [-0.25, -0.2) is 0 Å². The van der Waals surface area contributed by atoms with Gasteiger partial charge in [-0.2, -0.15) is 0 Å². The largest absolute Gasteiger partial charge is 0.493 e. The van der Waals surface area contributed by atoms with Gasteiger partial charge in [0.2, 0.25) is 11.7 Å². The van der Waals surface area contributed by atoms with Crippen LogP contribution in [0.5, 0.6) is 17.2 Å². The second-order valence-corrected chi connectivity index (χ2v) is 6.00. The number of benzene rings is 2. The number of carbonyl (C=O) groups is 1. The lowest BCUT2D eigenvalue weighted by Gasteiger charge is -2.21. The average molecular weight is 384 g/mol. The number of nitrogens with one attached hydrogen (secondary N) is 1. The van der Waals surface area contributed by atoms with Crippen molar-refractivity contribution in [3.63, 3.8) is 0 Å². The van der Waals surface area contributed by atoms with E-state index in [4.69, 9.17) is 14.2 Å². The summed E-state index contributed by atoms with van der Waals surface area (Å²) in [5, 5.41) is 2.86. The van der Waals surface area contributed by atoms with E-state index in [1.807, 2.05) is 24.3 Å². The number of rotatable bonds is 9. The molecule has 0 heterocycles. The van der Waals surface area contributed by atoms with Crippen LogP contribution in [0.3, 0.4) is 0 Å². The van der Waals surface area contributed by atoms with Crippen molar-refractivity contribution >= 4 is 23.4 Å². The number of amides is 1. The Bertz CT molecular complexity index is 787. The number of hydrogen-bond donors (Lipinski definition) is 1. The van der Waals surface area contributed by atoms with E-state index in [2.05, 4.69) is 24.1 Å². The molecule has 0 aliphatic rings. The Labute approximate surface area is 166 Å². The van der Waals surface area contributed by atoms with Crippen LogP contribution >= 0.6 is 0 Å². The second-order valence-electron chi connectivity index (χ2n) is 6.00. The molecule has 0 saturated carbocycles. The van der Waals surface area contributed by atoms with Crippen LogP contribution in [0.15, 0.2) is 42.5 Å². The summed E-state index contributed by atoms with van der Waals surface area (Å²) in [5.74, 6) is 1.37. The lowest BCUT2D eigenvalue weighted by Crippen LogP contribution is -2.21. The molecule has 0 fully saturated rings. The third kappa shape index (κ3) is 5.19. The van der Waals surface area contributed by atoms with Gasteiger partial charge in [0.25, 0.3) is 0 Å². The maximum absolute atomic E-state index is 12.3. The second kappa shape index (κ2) is 10.3. The number of nitrogens with zero attached hydrogens (tertiary/aromatic N) is 1. The standard InChI is InChI=1S/C22H28N2O4/c1-6-24(7-2)18-11-9-17(10-12-18)23-21(25)13-8-16-14-19(26-3)22(28-5)20(15-16)27-4/h8-15H,6-7H2,1-5H3,(H,23,25)/b13-8+. The van der Waals surface area contributed by atoms with E-state index in [1.54, 1.807) is 39.5 Å². The number of ether oxygens (including phenoxy) is 3. The lowest BCUT2D eigenvalue weighted by molar-refractivity contribution is -0.111. The minimum atomic E-state index is -0.218. The van der Waals surface area contributed by atoms with Gasteiger partial charge in [-0.05, 0) is 61.9 Å². The Hall–Kier alpha value is -3.15. The van der Waals surface area contributed by atoms with Gasteiger partial charge in [0.15, 0.2) is 11.5 Å². The van der Waals surface area contributed by atoms with Crippen LogP contribution in [-0.2, 0) is 4.79 Å². The monoisotopic (exact) mass is 384 g/mol. The van der Waals surface area contributed by atoms with Gasteiger partial charge in [-0.1, -0.05) is 0 Å². The molecular weight excluding hydrogens is 356 g/mol. The number of methoxy groups -OCH3 is 3. The lowest BCUT2D eigenvalue weighted by atomic mass is 10.1. The molecule has 2 aromatic carbocycles. The Balaban J connectivity index is 2.09. The molecule has 6 heteroatoms. The highest BCUT2D eigenvalue weighted by molar-refractivity contribution is 6.02. The fraction of sp³-hybridized carbons (Fsp3) is 0.318. The first-order valence-electron chi connectivity index (χ1n) is 9.20. The number of anilines is 2. The first kappa shape index (κ1) is 21.2. The normalized spacial score (nSPS) is 10.6. The van der Waals surface area contributed by atoms with Crippen LogP contribution in [0.2, 0.25) is 0 Å². The molecule has 0 aliphatic carbocycles. The molecule has 2 rings (SSSR count). The van der Waals surface area contributed by atoms with Crippen molar-refractivity contribution in [1.82, 2.24) is 0 Å². The summed E-state index contributed by atoms with van der Waals surface area (Å²) in [6, 6.07) is 11.4. The van der Waals surface area contributed by atoms with E-state index in [0.717, 1.165) is 30.0 Å². The van der Waals surface area contributed by atoms with Gasteiger partial charge in [-0.15, -0.1) is 0 Å². The molecule has 0 radical (unpaired) electrons. The number of hydrogen-bond acceptors (Lipinski definition) is 5. The summed E-state index contributed by atoms with van der Waals surface area (Å²) in [7, 11) is 4.66. The Morgan fingerprint density at radius 3 is 2.00 bits per heavy atom. The van der Waals surface area contributed by atoms with Gasteiger partial charge in [-0.3, -0.25) is 4.79 Å². The summed E-state index contributed by atoms with van der Waals surface area (Å²) >= 11 is 0. The first-order chi connectivity index (χ1) is 13.6. The van der Waals surface area contributed by atoms with Gasteiger partial charge >= 0.3 is 0 Å². The maximum atomic E-state index is 12.3. The quantitative estimate of drug-likeness (QED) is 0.656. The minimum Gasteiger partial charge on any atom is -0.493 e. The zero-order chi connectivity index (χ0) is 20.5. The van der Waals surface area contributed by atoms with E-state index in [1.165, 1.54) is 6.08 Å². The van der Waals surface area contributed by atoms with Crippen molar-refractivity contribution in [2.45, 2.75) is 13.8 Å². The molecule has 0 unspecified atom stereocenters. The van der Waals surface area contributed by atoms with Crippen molar-refractivity contribution < 1.29 is 19.0 Å². The first-order valence-corrected chi connectivity index (χ1v) is 9.20. The SMILES string of the molecule is CCN(CC)c1ccc(NC(=O)/C=C/c2cc(OC)c(OC)c(OC)c2)cc1. The Kier molecular flexibility index (Phi) is 7.75. The molecule has 0 atom stereocenters. The van der Waals surface area contributed by atoms with Crippen LogP contribution in [-0.4, -0.2) is 40.3 Å². The third-order valence-corrected chi connectivity index (χ3v) is 4.38. The third-order valence-electron chi connectivity index (χ3n) is 4.38. The van der Waals surface area contributed by atoms with Gasteiger partial charge < -0.3 is 24.4 Å². The van der Waals surface area contributed by atoms with Crippen LogP contribution in [0.1, 0.15) is 19.4 Å². The van der Waals surface area contributed by atoms with E-state index in [0.29, 0.717) is 17.2 Å². The predicted molar refractivity (Wildman–Crippen MR) is 114 cm³/mol. The molecule has 0 aromatic heterocycles. The highest BCUT2D eigenvalue weighted by Crippen LogP contribution is 2.38. The van der Waals surface area contributed by atoms with Crippen molar-refractivity contribution in [2.24, 2.45) is 0 Å². The molecule has 28 heavy (non-hydrogen) atoms. The predicted octanol–water partition coefficient (Wildman–Crippen LogP) is 4.21. The molecule has 150 valence electrons. The van der Waals surface area contributed by atoms with E-state index >= 15 is 0 Å². The fourth-order valence-electron chi connectivity index (χ4n) is 2.90. The van der Waals surface area contributed by atoms with E-state index in [-0.39, 0.29) is 5.91 Å². The van der Waals surface area contributed by atoms with Crippen molar-refractivity contribution in [1.29, 1.82) is 0 Å². The molecule has 1 amide bonds. The van der Waals surface area contributed by atoms with Crippen LogP contribution in [0.25, 0.3) is 6.08 Å². The summed E-state index contributed by atoms with van der Waals surface area (Å²) in [4.78, 5) is 14.5. The average Bonchev–Trinajstić information content (AvgIpc) is 2.73. The fourth-order valence-corrected chi connectivity index (χ4v) is 2.90. The molecule has 0 spiro atoms. The minimum absolute atomic E-state index is 0.218. The van der Waals surface area contributed by atoms with E-state index < -0.39 is 0 Å². The van der Waals surface area contributed by atoms with Crippen molar-refractivity contribution in [2.75, 3.05) is 44.6 Å². The highest BCUT2D eigenvalue weighted by Gasteiger charge is 2.12. The zero-order valence-corrected chi connectivity index (χ0v) is 17.1. The number of carbonyl (C=O) groups excluding carboxylic acids is 1. The molecule has 0 bridgehead atoms. The highest BCUT2D eigenvalue weighted by atomic mass is 16.5. The molecule has 1 N–H and O–H groups in total. The summed E-state index contributed by atoms with van der Waals surface area (Å²) in [5.41, 5.74) is 2.65. The van der Waals surface area contributed by atoms with Crippen LogP contribution < -0.4 is 24.4 Å². The summed E-state index contributed by atoms with van der Waals surface area (Å²) in [6.07, 6.45) is 3.17. The van der Waals surface area contributed by atoms with Gasteiger partial charge in [0, 0.05) is 30.5 Å². The van der Waals surface area contributed by atoms with Crippen LogP contribution in [0, 0.1) is 0 Å². The smallest absolute Gasteiger partial charge is 0.248 e. The molecular formula is C22H28N2O4. The maximum Gasteiger partial charge on any atom is 0.248 e. The molecule has 0 aliphatic heterocycles. The Morgan fingerprint density at radius 2 is 1.54 bits per heavy atom. The summed E-state index contributed by atoms with van der Waals surface area (Å²) < 4.78 is 16.0.